The number of rotatable bonds is 5. The van der Waals surface area contributed by atoms with Crippen LogP contribution in [0.25, 0.3) is 11.0 Å². The zero-order valence-electron chi connectivity index (χ0n) is 19.4. The summed E-state index contributed by atoms with van der Waals surface area (Å²) in [5.74, 6) is -0.279. The summed E-state index contributed by atoms with van der Waals surface area (Å²) in [4.78, 5) is 47.6. The van der Waals surface area contributed by atoms with Gasteiger partial charge < -0.3 is 19.9 Å². The molecule has 2 N–H and O–H groups in total. The highest BCUT2D eigenvalue weighted by molar-refractivity contribution is 6.09. The van der Waals surface area contributed by atoms with Crippen molar-refractivity contribution in [2.24, 2.45) is 0 Å². The Hall–Kier alpha value is -4.46. The second-order valence-corrected chi connectivity index (χ2v) is 8.33. The lowest BCUT2D eigenvalue weighted by atomic mass is 9.96. The van der Waals surface area contributed by atoms with Gasteiger partial charge in [-0.3, -0.25) is 14.4 Å². The Bertz CT molecular complexity index is 1430. The van der Waals surface area contributed by atoms with E-state index in [0.29, 0.717) is 33.8 Å². The highest BCUT2D eigenvalue weighted by atomic mass is 16.5. The fourth-order valence-corrected chi connectivity index (χ4v) is 4.27. The van der Waals surface area contributed by atoms with Gasteiger partial charge in [0.05, 0.1) is 23.3 Å². The Kier molecular flexibility index (Phi) is 5.78. The van der Waals surface area contributed by atoms with Crippen LogP contribution < -0.4 is 10.2 Å². The third-order valence-electron chi connectivity index (χ3n) is 6.11. The van der Waals surface area contributed by atoms with Crippen LogP contribution in [0, 0.1) is 0 Å². The van der Waals surface area contributed by atoms with Crippen molar-refractivity contribution in [3.05, 3.63) is 94.8 Å². The van der Waals surface area contributed by atoms with E-state index in [0.717, 1.165) is 11.0 Å². The molecule has 1 aliphatic heterocycles. The van der Waals surface area contributed by atoms with E-state index >= 15 is 0 Å². The van der Waals surface area contributed by atoms with Crippen molar-refractivity contribution in [1.29, 1.82) is 0 Å². The lowest BCUT2D eigenvalue weighted by Crippen LogP contribution is -2.27. The minimum Gasteiger partial charge on any atom is -0.452 e. The summed E-state index contributed by atoms with van der Waals surface area (Å²) >= 11 is 0. The van der Waals surface area contributed by atoms with Crippen molar-refractivity contribution in [2.45, 2.75) is 26.0 Å². The number of esters is 1. The molecule has 2 heterocycles. The first kappa shape index (κ1) is 22.3. The smallest absolute Gasteiger partial charge is 0.306 e. The molecular formula is C27H24N4O4. The standard InChI is InChI=1S/C27H24N4O4/c1-3-24(32)35-25-17-8-4-5-9-18(17)27(34)31(2)22-14-16(12-13-19(22)25)26(33)28-15-23-29-20-10-6-7-11-21(20)30-23/h4-14,25H,3,15H2,1-2H3,(H,28,33)(H,29,30). The van der Waals surface area contributed by atoms with Gasteiger partial charge in [-0.2, -0.15) is 0 Å². The lowest BCUT2D eigenvalue weighted by molar-refractivity contribution is -0.147. The molecule has 176 valence electrons. The number of benzene rings is 3. The van der Waals surface area contributed by atoms with Crippen LogP contribution in [0.5, 0.6) is 0 Å². The molecule has 8 heteroatoms. The van der Waals surface area contributed by atoms with Crippen LogP contribution in [0.3, 0.4) is 0 Å². The molecule has 1 aromatic heterocycles. The Labute approximate surface area is 201 Å². The average molecular weight is 469 g/mol. The van der Waals surface area contributed by atoms with Crippen molar-refractivity contribution in [2.75, 3.05) is 11.9 Å². The van der Waals surface area contributed by atoms with Gasteiger partial charge in [-0.05, 0) is 30.3 Å². The van der Waals surface area contributed by atoms with Crippen LogP contribution in [-0.2, 0) is 16.1 Å². The third kappa shape index (κ3) is 4.14. The molecule has 5 rings (SSSR count). The Morgan fingerprint density at radius 1 is 1.06 bits per heavy atom. The first-order valence-electron chi connectivity index (χ1n) is 11.4. The maximum Gasteiger partial charge on any atom is 0.306 e. The summed E-state index contributed by atoms with van der Waals surface area (Å²) in [6.07, 6.45) is -0.546. The number of hydrogen-bond acceptors (Lipinski definition) is 5. The first-order valence-corrected chi connectivity index (χ1v) is 11.4. The molecule has 0 radical (unpaired) electrons. The number of carbonyl (C=O) groups is 3. The SMILES string of the molecule is CCC(=O)OC1c2ccccc2C(=O)N(C)c2cc(C(=O)NCc3nc4ccccc4[nH]3)ccc21. The van der Waals surface area contributed by atoms with E-state index in [4.69, 9.17) is 4.74 Å². The molecule has 1 unspecified atom stereocenters. The summed E-state index contributed by atoms with van der Waals surface area (Å²) < 4.78 is 5.77. The normalized spacial score (nSPS) is 14.7. The van der Waals surface area contributed by atoms with Crippen LogP contribution in [0.1, 0.15) is 57.1 Å². The van der Waals surface area contributed by atoms with Gasteiger partial charge in [-0.1, -0.05) is 43.3 Å². The van der Waals surface area contributed by atoms with Crippen LogP contribution in [0.2, 0.25) is 0 Å². The van der Waals surface area contributed by atoms with Crippen LogP contribution in [0.4, 0.5) is 5.69 Å². The summed E-state index contributed by atoms with van der Waals surface area (Å²) in [5, 5.41) is 2.87. The van der Waals surface area contributed by atoms with E-state index in [1.165, 1.54) is 4.90 Å². The first-order chi connectivity index (χ1) is 17.0. The number of nitrogens with one attached hydrogen (secondary N) is 2. The minimum atomic E-state index is -0.754. The van der Waals surface area contributed by atoms with Crippen molar-refractivity contribution in [1.82, 2.24) is 15.3 Å². The molecule has 0 saturated heterocycles. The van der Waals surface area contributed by atoms with Crippen molar-refractivity contribution in [3.8, 4) is 0 Å². The second-order valence-electron chi connectivity index (χ2n) is 8.33. The number of amides is 2. The predicted molar refractivity (Wildman–Crippen MR) is 131 cm³/mol. The number of nitrogens with zero attached hydrogens (tertiary/aromatic N) is 2. The van der Waals surface area contributed by atoms with Gasteiger partial charge in [0.25, 0.3) is 11.8 Å². The number of imidazole rings is 1. The van der Waals surface area contributed by atoms with Gasteiger partial charge in [-0.25, -0.2) is 4.98 Å². The van der Waals surface area contributed by atoms with Crippen molar-refractivity contribution in [3.63, 3.8) is 0 Å². The molecule has 0 aliphatic carbocycles. The van der Waals surface area contributed by atoms with Gasteiger partial charge in [0.15, 0.2) is 6.10 Å². The third-order valence-corrected chi connectivity index (χ3v) is 6.11. The molecule has 0 saturated carbocycles. The second kappa shape index (κ2) is 9.06. The van der Waals surface area contributed by atoms with Crippen molar-refractivity contribution < 1.29 is 19.1 Å². The van der Waals surface area contributed by atoms with Gasteiger partial charge in [0.2, 0.25) is 0 Å². The fraction of sp³-hybridized carbons (Fsp3) is 0.185. The topological polar surface area (TPSA) is 104 Å². The molecule has 8 nitrogen and oxygen atoms in total. The summed E-state index contributed by atoms with van der Waals surface area (Å²) in [7, 11) is 1.65. The Balaban J connectivity index is 1.46. The average Bonchev–Trinajstić information content (AvgIpc) is 3.29. The number of aromatic nitrogens is 2. The highest BCUT2D eigenvalue weighted by Crippen LogP contribution is 2.39. The van der Waals surface area contributed by atoms with E-state index in [9.17, 15) is 14.4 Å². The molecular weight excluding hydrogens is 444 g/mol. The number of anilines is 1. The highest BCUT2D eigenvalue weighted by Gasteiger charge is 2.33. The molecule has 4 aromatic rings. The quantitative estimate of drug-likeness (QED) is 0.429. The van der Waals surface area contributed by atoms with Gasteiger partial charge in [0, 0.05) is 35.7 Å². The molecule has 1 atom stereocenters. The fourth-order valence-electron chi connectivity index (χ4n) is 4.27. The van der Waals surface area contributed by atoms with Crippen LogP contribution >= 0.6 is 0 Å². The summed E-state index contributed by atoms with van der Waals surface area (Å²) in [5.41, 5.74) is 4.33. The van der Waals surface area contributed by atoms with E-state index in [1.54, 1.807) is 50.4 Å². The Morgan fingerprint density at radius 3 is 2.63 bits per heavy atom. The van der Waals surface area contributed by atoms with E-state index in [1.807, 2.05) is 30.3 Å². The van der Waals surface area contributed by atoms with E-state index < -0.39 is 6.10 Å². The largest absolute Gasteiger partial charge is 0.452 e. The number of para-hydroxylation sites is 2. The molecule has 0 spiro atoms. The zero-order valence-corrected chi connectivity index (χ0v) is 19.4. The van der Waals surface area contributed by atoms with Gasteiger partial charge in [0.1, 0.15) is 5.82 Å². The van der Waals surface area contributed by atoms with E-state index in [2.05, 4.69) is 15.3 Å². The minimum absolute atomic E-state index is 0.208. The number of ether oxygens (including phenoxy) is 1. The van der Waals surface area contributed by atoms with Gasteiger partial charge in [-0.15, -0.1) is 0 Å². The number of fused-ring (bicyclic) bond motifs is 3. The Morgan fingerprint density at radius 2 is 1.83 bits per heavy atom. The molecule has 0 bridgehead atoms. The van der Waals surface area contributed by atoms with Crippen LogP contribution in [0.15, 0.2) is 66.7 Å². The molecule has 3 aromatic carbocycles. The van der Waals surface area contributed by atoms with E-state index in [-0.39, 0.29) is 30.7 Å². The molecule has 2 amide bonds. The predicted octanol–water partition coefficient (Wildman–Crippen LogP) is 4.13. The maximum absolute atomic E-state index is 13.2. The summed E-state index contributed by atoms with van der Waals surface area (Å²) in [6.45, 7) is 1.94. The zero-order chi connectivity index (χ0) is 24.5. The monoisotopic (exact) mass is 468 g/mol. The van der Waals surface area contributed by atoms with Crippen LogP contribution in [-0.4, -0.2) is 34.8 Å². The number of hydrogen-bond donors (Lipinski definition) is 2. The molecule has 1 aliphatic rings. The van der Waals surface area contributed by atoms with Crippen molar-refractivity contribution >= 4 is 34.5 Å². The lowest BCUT2D eigenvalue weighted by Gasteiger charge is -2.22. The number of carbonyl (C=O) groups excluding carboxylic acids is 3. The number of aromatic amines is 1. The number of H-pyrrole nitrogens is 1. The maximum atomic E-state index is 13.2. The summed E-state index contributed by atoms with van der Waals surface area (Å²) in [6, 6.07) is 19.8. The van der Waals surface area contributed by atoms with Gasteiger partial charge >= 0.3 is 5.97 Å². The molecule has 35 heavy (non-hydrogen) atoms. The molecule has 0 fully saturated rings.